The average molecular weight is 432 g/mol. The molecule has 5 rings (SSSR count). The number of carbonyl (C=O) groups is 2. The first-order valence-electron chi connectivity index (χ1n) is 10.1. The number of fused-ring (bicyclic) bond motifs is 2. The molecule has 1 aliphatic rings. The molecule has 0 aliphatic carbocycles. The van der Waals surface area contributed by atoms with E-state index in [2.05, 4.69) is 22.4 Å². The molecule has 156 valence electrons. The van der Waals surface area contributed by atoms with Gasteiger partial charge in [-0.25, -0.2) is 0 Å². The molecule has 2 N–H and O–H groups in total. The van der Waals surface area contributed by atoms with Crippen molar-refractivity contribution in [1.29, 1.82) is 0 Å². The number of thiophene rings is 1. The Hall–Kier alpha value is -3.58. The molecule has 2 aromatic heterocycles. The van der Waals surface area contributed by atoms with Crippen molar-refractivity contribution in [2.45, 2.75) is 5.92 Å². The fourth-order valence-corrected chi connectivity index (χ4v) is 4.82. The number of hydrogen-bond acceptors (Lipinski definition) is 4. The lowest BCUT2D eigenvalue weighted by atomic mass is 9.96. The molecule has 0 bridgehead atoms. The third-order valence-electron chi connectivity index (χ3n) is 5.50. The first-order valence-corrected chi connectivity index (χ1v) is 11.0. The number of aromatic amines is 1. The third kappa shape index (κ3) is 3.80. The predicted octanol–water partition coefficient (Wildman–Crippen LogP) is 3.90. The molecule has 1 aliphatic heterocycles. The second kappa shape index (κ2) is 8.28. The van der Waals surface area contributed by atoms with Crippen LogP contribution in [0, 0.1) is 0 Å². The SMILES string of the molecule is O=C(CN1C(=O)COc2ccccc21)NC[C@H](c1cccs1)c1c[nH]c2ccccc12. The van der Waals surface area contributed by atoms with E-state index in [1.165, 1.54) is 9.78 Å². The highest BCUT2D eigenvalue weighted by Gasteiger charge is 2.27. The maximum atomic E-state index is 12.8. The van der Waals surface area contributed by atoms with Crippen LogP contribution in [0.25, 0.3) is 10.9 Å². The first kappa shape index (κ1) is 19.4. The van der Waals surface area contributed by atoms with Crippen LogP contribution in [0.4, 0.5) is 5.69 Å². The number of ether oxygens (including phenoxy) is 1. The van der Waals surface area contributed by atoms with Gasteiger partial charge in [0, 0.05) is 34.4 Å². The molecular weight excluding hydrogens is 410 g/mol. The summed E-state index contributed by atoms with van der Waals surface area (Å²) in [6.45, 7) is 0.350. The standard InChI is InChI=1S/C24H21N3O3S/c28-23(14-27-20-8-3-4-9-21(20)30-15-24(27)29)26-13-18(22-10-5-11-31-22)17-12-25-19-7-2-1-6-16(17)19/h1-12,18,25H,13-15H2,(H,26,28)/t18-/m0/s1. The van der Waals surface area contributed by atoms with Gasteiger partial charge in [0.2, 0.25) is 5.91 Å². The van der Waals surface area contributed by atoms with Crippen LogP contribution in [0.2, 0.25) is 0 Å². The van der Waals surface area contributed by atoms with Crippen molar-refractivity contribution < 1.29 is 14.3 Å². The Morgan fingerprint density at radius 3 is 2.84 bits per heavy atom. The van der Waals surface area contributed by atoms with Gasteiger partial charge in [-0.15, -0.1) is 11.3 Å². The van der Waals surface area contributed by atoms with E-state index >= 15 is 0 Å². The number of amides is 2. The summed E-state index contributed by atoms with van der Waals surface area (Å²) in [5, 5.41) is 6.23. The number of benzene rings is 2. The van der Waals surface area contributed by atoms with Crippen LogP contribution in [0.15, 0.2) is 72.2 Å². The molecule has 2 aromatic carbocycles. The maximum absolute atomic E-state index is 12.8. The molecule has 6 nitrogen and oxygen atoms in total. The van der Waals surface area contributed by atoms with Crippen molar-refractivity contribution in [2.24, 2.45) is 0 Å². The van der Waals surface area contributed by atoms with Gasteiger partial charge in [0.1, 0.15) is 12.3 Å². The number of para-hydroxylation sites is 3. The quantitative estimate of drug-likeness (QED) is 0.486. The van der Waals surface area contributed by atoms with Crippen molar-refractivity contribution in [1.82, 2.24) is 10.3 Å². The highest BCUT2D eigenvalue weighted by atomic mass is 32.1. The summed E-state index contributed by atoms with van der Waals surface area (Å²) in [5.74, 6) is 0.213. The number of nitrogens with zero attached hydrogens (tertiary/aromatic N) is 1. The van der Waals surface area contributed by atoms with Crippen molar-refractivity contribution in [2.75, 3.05) is 24.6 Å². The number of H-pyrrole nitrogens is 1. The zero-order valence-electron chi connectivity index (χ0n) is 16.7. The lowest BCUT2D eigenvalue weighted by Crippen LogP contribution is -2.45. The summed E-state index contributed by atoms with van der Waals surface area (Å²) in [4.78, 5) is 31.2. The van der Waals surface area contributed by atoms with Crippen LogP contribution in [0.3, 0.4) is 0 Å². The van der Waals surface area contributed by atoms with E-state index in [9.17, 15) is 9.59 Å². The molecule has 4 aromatic rings. The normalized spacial score (nSPS) is 14.2. The zero-order valence-corrected chi connectivity index (χ0v) is 17.5. The second-order valence-corrected chi connectivity index (χ2v) is 8.38. The number of nitrogens with one attached hydrogen (secondary N) is 2. The van der Waals surface area contributed by atoms with Gasteiger partial charge in [-0.2, -0.15) is 0 Å². The molecular formula is C24H21N3O3S. The van der Waals surface area contributed by atoms with E-state index in [0.29, 0.717) is 18.0 Å². The van der Waals surface area contributed by atoms with E-state index in [1.807, 2.05) is 48.0 Å². The molecule has 0 radical (unpaired) electrons. The van der Waals surface area contributed by atoms with Crippen molar-refractivity contribution in [3.63, 3.8) is 0 Å². The highest BCUT2D eigenvalue weighted by molar-refractivity contribution is 7.10. The van der Waals surface area contributed by atoms with Gasteiger partial charge in [-0.05, 0) is 35.2 Å². The van der Waals surface area contributed by atoms with E-state index in [1.54, 1.807) is 23.5 Å². The summed E-state index contributed by atoms with van der Waals surface area (Å²) in [7, 11) is 0. The number of aromatic nitrogens is 1. The Morgan fingerprint density at radius 1 is 1.13 bits per heavy atom. The number of anilines is 1. The number of rotatable bonds is 6. The lowest BCUT2D eigenvalue weighted by Gasteiger charge is -2.29. The molecule has 3 heterocycles. The first-order chi connectivity index (χ1) is 15.2. The number of carbonyl (C=O) groups excluding carboxylic acids is 2. The van der Waals surface area contributed by atoms with E-state index in [4.69, 9.17) is 4.74 Å². The minimum absolute atomic E-state index is 0.0211. The highest BCUT2D eigenvalue weighted by Crippen LogP contribution is 2.33. The Morgan fingerprint density at radius 2 is 1.97 bits per heavy atom. The van der Waals surface area contributed by atoms with Gasteiger partial charge in [-0.3, -0.25) is 14.5 Å². The fraction of sp³-hybridized carbons (Fsp3) is 0.167. The van der Waals surface area contributed by atoms with Gasteiger partial charge < -0.3 is 15.0 Å². The molecule has 2 amide bonds. The Labute approximate surface area is 183 Å². The van der Waals surface area contributed by atoms with Gasteiger partial charge in [0.25, 0.3) is 5.91 Å². The van der Waals surface area contributed by atoms with Gasteiger partial charge >= 0.3 is 0 Å². The molecule has 0 fully saturated rings. The molecule has 1 atom stereocenters. The monoisotopic (exact) mass is 431 g/mol. The summed E-state index contributed by atoms with van der Waals surface area (Å²) in [6.07, 6.45) is 2.02. The van der Waals surface area contributed by atoms with Crippen molar-refractivity contribution in [3.8, 4) is 5.75 Å². The van der Waals surface area contributed by atoms with E-state index in [-0.39, 0.29) is 30.9 Å². The minimum atomic E-state index is -0.222. The van der Waals surface area contributed by atoms with Crippen LogP contribution >= 0.6 is 11.3 Å². The topological polar surface area (TPSA) is 74.4 Å². The largest absolute Gasteiger partial charge is 0.482 e. The van der Waals surface area contributed by atoms with Crippen LogP contribution < -0.4 is 15.0 Å². The average Bonchev–Trinajstić information content (AvgIpc) is 3.47. The van der Waals surface area contributed by atoms with Crippen molar-refractivity contribution >= 4 is 39.7 Å². The maximum Gasteiger partial charge on any atom is 0.265 e. The molecule has 31 heavy (non-hydrogen) atoms. The Kier molecular flexibility index (Phi) is 5.18. The van der Waals surface area contributed by atoms with Crippen LogP contribution in [-0.2, 0) is 9.59 Å². The molecule has 0 saturated heterocycles. The van der Waals surface area contributed by atoms with Crippen molar-refractivity contribution in [3.05, 3.63) is 82.7 Å². The lowest BCUT2D eigenvalue weighted by molar-refractivity contribution is -0.125. The van der Waals surface area contributed by atoms with Gasteiger partial charge in [0.15, 0.2) is 6.61 Å². The van der Waals surface area contributed by atoms with Gasteiger partial charge in [-0.1, -0.05) is 36.4 Å². The minimum Gasteiger partial charge on any atom is -0.482 e. The third-order valence-corrected chi connectivity index (χ3v) is 6.48. The summed E-state index contributed by atoms with van der Waals surface area (Å²) < 4.78 is 5.46. The van der Waals surface area contributed by atoms with E-state index in [0.717, 1.165) is 16.5 Å². The summed E-state index contributed by atoms with van der Waals surface area (Å²) in [5.41, 5.74) is 2.84. The second-order valence-electron chi connectivity index (χ2n) is 7.40. The zero-order chi connectivity index (χ0) is 21.2. The van der Waals surface area contributed by atoms with E-state index < -0.39 is 0 Å². The van der Waals surface area contributed by atoms with Crippen LogP contribution in [-0.4, -0.2) is 36.5 Å². The van der Waals surface area contributed by atoms with Gasteiger partial charge in [0.05, 0.1) is 5.69 Å². The van der Waals surface area contributed by atoms with Crippen LogP contribution in [0.5, 0.6) is 5.75 Å². The predicted molar refractivity (Wildman–Crippen MR) is 122 cm³/mol. The molecule has 0 spiro atoms. The number of hydrogen-bond donors (Lipinski definition) is 2. The molecule has 7 heteroatoms. The molecule has 0 saturated carbocycles. The Balaban J connectivity index is 1.35. The smallest absolute Gasteiger partial charge is 0.265 e. The fourth-order valence-electron chi connectivity index (χ4n) is 3.98. The Bertz CT molecular complexity index is 1230. The molecule has 0 unspecified atom stereocenters. The summed E-state index contributed by atoms with van der Waals surface area (Å²) >= 11 is 1.67. The van der Waals surface area contributed by atoms with Crippen LogP contribution in [0.1, 0.15) is 16.4 Å². The summed E-state index contributed by atoms with van der Waals surface area (Å²) in [6, 6.07) is 19.5.